The van der Waals surface area contributed by atoms with E-state index in [1.807, 2.05) is 19.1 Å². The van der Waals surface area contributed by atoms with Gasteiger partial charge in [-0.1, -0.05) is 6.07 Å². The minimum Gasteiger partial charge on any atom is -0.396 e. The van der Waals surface area contributed by atoms with Crippen LogP contribution in [-0.2, 0) is 4.79 Å². The van der Waals surface area contributed by atoms with E-state index in [1.54, 1.807) is 0 Å². The van der Waals surface area contributed by atoms with Crippen LogP contribution in [0.3, 0.4) is 0 Å². The number of carbonyl (C=O) groups excluding carboxylic acids is 1. The zero-order valence-electron chi connectivity index (χ0n) is 10.6. The molecular weight excluding hydrogens is 310 g/mol. The van der Waals surface area contributed by atoms with Gasteiger partial charge < -0.3 is 15.7 Å². The summed E-state index contributed by atoms with van der Waals surface area (Å²) < 4.78 is 0.697. The van der Waals surface area contributed by atoms with Crippen LogP contribution >= 0.6 is 15.9 Å². The van der Waals surface area contributed by atoms with Crippen LogP contribution in [0, 0.1) is 12.3 Å². The summed E-state index contributed by atoms with van der Waals surface area (Å²) in [6.45, 7) is 2.06. The Bertz CT molecular complexity index is 533. The predicted molar refractivity (Wildman–Crippen MR) is 74.8 cm³/mol. The molecule has 1 aliphatic heterocycles. The number of hydrogen-bond donors (Lipinski definition) is 3. The molecule has 102 valence electrons. The third-order valence-electron chi connectivity index (χ3n) is 4.14. The number of aliphatic hydroxyl groups is 1. The lowest BCUT2D eigenvalue weighted by Crippen LogP contribution is -2.38. The Labute approximate surface area is 119 Å². The van der Waals surface area contributed by atoms with Gasteiger partial charge in [0.15, 0.2) is 0 Å². The highest BCUT2D eigenvalue weighted by molar-refractivity contribution is 9.10. The Balaban J connectivity index is 1.68. The lowest BCUT2D eigenvalue weighted by atomic mass is 10.0. The first-order valence-electron chi connectivity index (χ1n) is 6.35. The summed E-state index contributed by atoms with van der Waals surface area (Å²) in [6, 6.07) is 3.81. The van der Waals surface area contributed by atoms with Gasteiger partial charge in [-0.3, -0.25) is 4.79 Å². The van der Waals surface area contributed by atoms with Crippen LogP contribution in [0.5, 0.6) is 0 Å². The SMILES string of the molecule is Cc1ccc(Br)nc1NC(=O)C1CC2(CO)CC2N1. The molecule has 1 amide bonds. The number of carbonyl (C=O) groups is 1. The Kier molecular flexibility index (Phi) is 3.11. The van der Waals surface area contributed by atoms with Crippen molar-refractivity contribution in [3.63, 3.8) is 0 Å². The maximum absolute atomic E-state index is 12.2. The topological polar surface area (TPSA) is 74.2 Å². The first-order chi connectivity index (χ1) is 9.04. The lowest BCUT2D eigenvalue weighted by Gasteiger charge is -2.15. The number of aliphatic hydroxyl groups excluding tert-OH is 1. The van der Waals surface area contributed by atoms with Crippen molar-refractivity contribution in [2.75, 3.05) is 11.9 Å². The van der Waals surface area contributed by atoms with Crippen LogP contribution in [0.15, 0.2) is 16.7 Å². The highest BCUT2D eigenvalue weighted by Crippen LogP contribution is 2.54. The van der Waals surface area contributed by atoms with E-state index in [9.17, 15) is 9.90 Å². The number of hydrogen-bond acceptors (Lipinski definition) is 4. The van der Waals surface area contributed by atoms with Gasteiger partial charge in [-0.05, 0) is 47.3 Å². The molecule has 0 radical (unpaired) electrons. The monoisotopic (exact) mass is 325 g/mol. The molecule has 1 saturated carbocycles. The number of anilines is 1. The van der Waals surface area contributed by atoms with E-state index in [-0.39, 0.29) is 24.0 Å². The van der Waals surface area contributed by atoms with Crippen LogP contribution in [0.25, 0.3) is 0 Å². The molecule has 1 aromatic rings. The molecule has 3 rings (SSSR count). The van der Waals surface area contributed by atoms with Crippen molar-refractivity contribution in [3.05, 3.63) is 22.3 Å². The average molecular weight is 326 g/mol. The quantitative estimate of drug-likeness (QED) is 0.730. The molecule has 1 aromatic heterocycles. The van der Waals surface area contributed by atoms with E-state index in [0.717, 1.165) is 12.0 Å². The first-order valence-corrected chi connectivity index (χ1v) is 7.14. The van der Waals surface area contributed by atoms with Crippen LogP contribution in [0.2, 0.25) is 0 Å². The molecule has 19 heavy (non-hydrogen) atoms. The number of halogens is 1. The van der Waals surface area contributed by atoms with Gasteiger partial charge in [0, 0.05) is 11.5 Å². The van der Waals surface area contributed by atoms with Gasteiger partial charge in [-0.15, -0.1) is 0 Å². The van der Waals surface area contributed by atoms with Crippen molar-refractivity contribution in [1.82, 2.24) is 10.3 Å². The van der Waals surface area contributed by atoms with Crippen molar-refractivity contribution in [1.29, 1.82) is 0 Å². The van der Waals surface area contributed by atoms with E-state index >= 15 is 0 Å². The van der Waals surface area contributed by atoms with E-state index in [0.29, 0.717) is 22.9 Å². The zero-order valence-corrected chi connectivity index (χ0v) is 12.2. The Hall–Kier alpha value is -0.980. The van der Waals surface area contributed by atoms with Crippen LogP contribution in [0.4, 0.5) is 5.82 Å². The Morgan fingerprint density at radius 3 is 3.11 bits per heavy atom. The van der Waals surface area contributed by atoms with E-state index < -0.39 is 0 Å². The summed E-state index contributed by atoms with van der Waals surface area (Å²) in [5.41, 5.74) is 0.874. The molecule has 6 heteroatoms. The third-order valence-corrected chi connectivity index (χ3v) is 4.58. The van der Waals surface area contributed by atoms with Gasteiger partial charge in [-0.2, -0.15) is 0 Å². The molecule has 0 aromatic carbocycles. The van der Waals surface area contributed by atoms with E-state index in [1.165, 1.54) is 0 Å². The van der Waals surface area contributed by atoms with Crippen molar-refractivity contribution >= 4 is 27.7 Å². The molecule has 2 aliphatic rings. The molecule has 2 heterocycles. The summed E-state index contributed by atoms with van der Waals surface area (Å²) in [6.07, 6.45) is 1.68. The van der Waals surface area contributed by atoms with Crippen LogP contribution in [0.1, 0.15) is 18.4 Å². The number of fused-ring (bicyclic) bond motifs is 1. The second-order valence-corrected chi connectivity index (χ2v) is 6.30. The molecule has 0 bridgehead atoms. The van der Waals surface area contributed by atoms with Crippen molar-refractivity contribution in [2.45, 2.75) is 31.8 Å². The minimum absolute atomic E-state index is 0.0538. The van der Waals surface area contributed by atoms with Crippen molar-refractivity contribution in [3.8, 4) is 0 Å². The number of nitrogens with one attached hydrogen (secondary N) is 2. The fourth-order valence-electron chi connectivity index (χ4n) is 2.76. The standard InChI is InChI=1S/C13H16BrN3O2/c1-7-2-3-10(14)16-11(7)17-12(19)8-4-13(6-18)5-9(13)15-8/h2-3,8-9,15,18H,4-6H2,1H3,(H,16,17,19). The van der Waals surface area contributed by atoms with Gasteiger partial charge in [-0.25, -0.2) is 4.98 Å². The molecule has 5 nitrogen and oxygen atoms in total. The molecule has 2 fully saturated rings. The summed E-state index contributed by atoms with van der Waals surface area (Å²) in [5.74, 6) is 0.508. The third kappa shape index (κ3) is 2.28. The maximum Gasteiger partial charge on any atom is 0.242 e. The van der Waals surface area contributed by atoms with Crippen LogP contribution < -0.4 is 10.6 Å². The number of aromatic nitrogens is 1. The van der Waals surface area contributed by atoms with Gasteiger partial charge in [0.05, 0.1) is 12.6 Å². The number of amides is 1. The predicted octanol–water partition coefficient (Wildman–Crippen LogP) is 1.20. The number of pyridine rings is 1. The molecule has 0 spiro atoms. The summed E-state index contributed by atoms with van der Waals surface area (Å²) in [4.78, 5) is 16.5. The zero-order chi connectivity index (χ0) is 13.6. The van der Waals surface area contributed by atoms with E-state index in [4.69, 9.17) is 0 Å². The molecule has 3 atom stereocenters. The van der Waals surface area contributed by atoms with E-state index in [2.05, 4.69) is 31.5 Å². The van der Waals surface area contributed by atoms with Crippen LogP contribution in [-0.4, -0.2) is 34.7 Å². The first kappa shape index (κ1) is 13.0. The number of rotatable bonds is 3. The molecular formula is C13H16BrN3O2. The summed E-state index contributed by atoms with van der Waals surface area (Å²) >= 11 is 3.29. The number of aryl methyl sites for hydroxylation is 1. The molecule has 3 N–H and O–H groups in total. The molecule has 3 unspecified atom stereocenters. The maximum atomic E-state index is 12.2. The molecule has 1 saturated heterocycles. The van der Waals surface area contributed by atoms with Crippen molar-refractivity contribution < 1.29 is 9.90 Å². The lowest BCUT2D eigenvalue weighted by molar-refractivity contribution is -0.118. The highest BCUT2D eigenvalue weighted by atomic mass is 79.9. The Morgan fingerprint density at radius 2 is 2.42 bits per heavy atom. The van der Waals surface area contributed by atoms with Gasteiger partial charge in [0.2, 0.25) is 5.91 Å². The van der Waals surface area contributed by atoms with Gasteiger partial charge in [0.25, 0.3) is 0 Å². The van der Waals surface area contributed by atoms with Gasteiger partial charge >= 0.3 is 0 Å². The number of piperidine rings is 1. The van der Waals surface area contributed by atoms with Gasteiger partial charge in [0.1, 0.15) is 10.4 Å². The fourth-order valence-corrected chi connectivity index (χ4v) is 3.07. The van der Waals surface area contributed by atoms with Crippen molar-refractivity contribution in [2.24, 2.45) is 5.41 Å². The fraction of sp³-hybridized carbons (Fsp3) is 0.538. The highest BCUT2D eigenvalue weighted by Gasteiger charge is 2.61. The average Bonchev–Trinajstić information content (AvgIpc) is 2.96. The second-order valence-electron chi connectivity index (χ2n) is 5.49. The Morgan fingerprint density at radius 1 is 1.63 bits per heavy atom. The summed E-state index contributed by atoms with van der Waals surface area (Å²) in [5, 5.41) is 15.5. The number of nitrogens with zero attached hydrogens (tertiary/aromatic N) is 1. The molecule has 1 aliphatic carbocycles. The second kappa shape index (κ2) is 4.54. The largest absolute Gasteiger partial charge is 0.396 e. The normalized spacial score (nSPS) is 31.9. The smallest absolute Gasteiger partial charge is 0.242 e. The summed E-state index contributed by atoms with van der Waals surface area (Å²) in [7, 11) is 0. The minimum atomic E-state index is -0.230.